The van der Waals surface area contributed by atoms with Crippen LogP contribution >= 0.6 is 0 Å². The topological polar surface area (TPSA) is 159 Å². The number of phenolic OH excluding ortho intramolecular Hbond substituents is 1. The Balaban J connectivity index is 1.75. The number of nitrogens with two attached hydrogens (primary N) is 1. The van der Waals surface area contributed by atoms with Crippen molar-refractivity contribution in [3.63, 3.8) is 0 Å². The molecule has 12 nitrogen and oxygen atoms in total. The molecule has 0 radical (unpaired) electrons. The summed E-state index contributed by atoms with van der Waals surface area (Å²) in [4.78, 5) is 23.8. The SMILES string of the molecule is COCCOc1nc(/N=N\c2ccc(O)c(OC=O)c2)c2nc(N)n(Cc3ccccc3)c2n1. The number of aromatic nitrogens is 4. The van der Waals surface area contributed by atoms with Crippen LogP contribution in [0.2, 0.25) is 0 Å². The number of azo groups is 1. The number of hydrogen-bond donors (Lipinski definition) is 2. The summed E-state index contributed by atoms with van der Waals surface area (Å²) in [6, 6.07) is 13.9. The van der Waals surface area contributed by atoms with Crippen LogP contribution in [0.15, 0.2) is 58.8 Å². The van der Waals surface area contributed by atoms with Crippen LogP contribution in [0, 0.1) is 0 Å². The zero-order chi connectivity index (χ0) is 23.9. The summed E-state index contributed by atoms with van der Waals surface area (Å²) in [7, 11) is 1.56. The summed E-state index contributed by atoms with van der Waals surface area (Å²) in [5.74, 6) is 0.0859. The minimum atomic E-state index is -0.211. The van der Waals surface area contributed by atoms with Crippen LogP contribution in [0.25, 0.3) is 11.2 Å². The second-order valence-electron chi connectivity index (χ2n) is 6.95. The Kier molecular flexibility index (Phi) is 6.89. The first-order valence-electron chi connectivity index (χ1n) is 10.1. The molecule has 0 bridgehead atoms. The molecule has 4 rings (SSSR count). The van der Waals surface area contributed by atoms with E-state index in [2.05, 4.69) is 25.2 Å². The van der Waals surface area contributed by atoms with Crippen molar-refractivity contribution < 1.29 is 24.1 Å². The summed E-state index contributed by atoms with van der Waals surface area (Å²) in [5, 5.41) is 18.1. The molecule has 0 fully saturated rings. The molecule has 4 aromatic rings. The number of ether oxygens (including phenoxy) is 3. The average Bonchev–Trinajstić information content (AvgIpc) is 3.15. The molecular weight excluding hydrogens is 442 g/mol. The van der Waals surface area contributed by atoms with Crippen LogP contribution in [-0.2, 0) is 16.1 Å². The maximum Gasteiger partial charge on any atom is 0.320 e. The Morgan fingerprint density at radius 3 is 2.68 bits per heavy atom. The number of aromatic hydroxyl groups is 1. The highest BCUT2D eigenvalue weighted by molar-refractivity contribution is 5.84. The molecule has 2 aromatic heterocycles. The predicted molar refractivity (Wildman–Crippen MR) is 122 cm³/mol. The van der Waals surface area contributed by atoms with E-state index in [9.17, 15) is 9.90 Å². The minimum Gasteiger partial charge on any atom is -0.504 e. The van der Waals surface area contributed by atoms with Gasteiger partial charge in [0.25, 0.3) is 6.47 Å². The van der Waals surface area contributed by atoms with Crippen molar-refractivity contribution in [3.8, 4) is 17.5 Å². The van der Waals surface area contributed by atoms with E-state index >= 15 is 0 Å². The van der Waals surface area contributed by atoms with Gasteiger partial charge in [0.2, 0.25) is 11.8 Å². The van der Waals surface area contributed by atoms with Gasteiger partial charge in [0.1, 0.15) is 6.61 Å². The first kappa shape index (κ1) is 22.6. The van der Waals surface area contributed by atoms with Gasteiger partial charge in [-0.25, -0.2) is 4.98 Å². The van der Waals surface area contributed by atoms with Gasteiger partial charge >= 0.3 is 6.01 Å². The molecule has 0 unspecified atom stereocenters. The van der Waals surface area contributed by atoms with Crippen molar-refractivity contribution in [2.45, 2.75) is 6.54 Å². The zero-order valence-corrected chi connectivity index (χ0v) is 18.2. The Labute approximate surface area is 193 Å². The molecule has 12 heteroatoms. The van der Waals surface area contributed by atoms with Crippen molar-refractivity contribution in [3.05, 3.63) is 54.1 Å². The standard InChI is InChI=1S/C22H21N7O5/c1-32-9-10-33-22-25-19(28-27-15-7-8-16(31)17(11-15)34-13-30)18-20(26-22)29(21(23)24-18)12-14-5-3-2-4-6-14/h2-8,11,13,31H,9-10,12H2,1H3,(H2,23,24)/b28-27-. The number of fused-ring (bicyclic) bond motifs is 1. The number of methoxy groups -OCH3 is 1. The predicted octanol–water partition coefficient (Wildman–Crippen LogP) is 3.14. The third-order valence-corrected chi connectivity index (χ3v) is 4.67. The quantitative estimate of drug-likeness (QED) is 0.205. The molecule has 174 valence electrons. The molecule has 2 heterocycles. The van der Waals surface area contributed by atoms with Gasteiger partial charge in [-0.05, 0) is 17.7 Å². The molecular formula is C22H21N7O5. The lowest BCUT2D eigenvalue weighted by atomic mass is 10.2. The maximum absolute atomic E-state index is 10.6. The van der Waals surface area contributed by atoms with Crippen molar-refractivity contribution in [1.82, 2.24) is 19.5 Å². The van der Waals surface area contributed by atoms with Crippen LogP contribution in [0.1, 0.15) is 5.56 Å². The lowest BCUT2D eigenvalue weighted by Crippen LogP contribution is -2.08. The van der Waals surface area contributed by atoms with Gasteiger partial charge in [0.05, 0.1) is 18.8 Å². The number of nitrogen functional groups attached to an aromatic ring is 1. The normalized spacial score (nSPS) is 11.2. The van der Waals surface area contributed by atoms with Crippen LogP contribution in [-0.4, -0.2) is 51.4 Å². The fraction of sp³-hybridized carbons (Fsp3) is 0.182. The van der Waals surface area contributed by atoms with E-state index in [1.54, 1.807) is 11.7 Å². The fourth-order valence-electron chi connectivity index (χ4n) is 3.07. The third kappa shape index (κ3) is 5.07. The lowest BCUT2D eigenvalue weighted by molar-refractivity contribution is -0.120. The summed E-state index contributed by atoms with van der Waals surface area (Å²) >= 11 is 0. The van der Waals surface area contributed by atoms with E-state index < -0.39 is 0 Å². The lowest BCUT2D eigenvalue weighted by Gasteiger charge is -2.08. The monoisotopic (exact) mass is 463 g/mol. The van der Waals surface area contributed by atoms with Crippen LogP contribution in [0.4, 0.5) is 17.5 Å². The summed E-state index contributed by atoms with van der Waals surface area (Å²) in [5.41, 5.74) is 8.26. The second kappa shape index (κ2) is 10.4. The molecule has 3 N–H and O–H groups in total. The van der Waals surface area contributed by atoms with E-state index in [1.807, 2.05) is 30.3 Å². The van der Waals surface area contributed by atoms with Crippen LogP contribution < -0.4 is 15.2 Å². The highest BCUT2D eigenvalue weighted by Gasteiger charge is 2.18. The molecule has 0 saturated carbocycles. The van der Waals surface area contributed by atoms with Gasteiger partial charge in [0, 0.05) is 13.2 Å². The second-order valence-corrected chi connectivity index (χ2v) is 6.95. The van der Waals surface area contributed by atoms with Gasteiger partial charge in [-0.15, -0.1) is 10.2 Å². The Hall–Kier alpha value is -4.58. The van der Waals surface area contributed by atoms with Crippen molar-refractivity contribution in [1.29, 1.82) is 0 Å². The number of nitrogens with zero attached hydrogens (tertiary/aromatic N) is 6. The van der Waals surface area contributed by atoms with E-state index in [-0.39, 0.29) is 42.4 Å². The molecule has 0 amide bonds. The average molecular weight is 463 g/mol. The Bertz CT molecular complexity index is 1320. The van der Waals surface area contributed by atoms with E-state index in [4.69, 9.17) is 19.9 Å². The smallest absolute Gasteiger partial charge is 0.320 e. The highest BCUT2D eigenvalue weighted by atomic mass is 16.5. The number of anilines is 1. The van der Waals surface area contributed by atoms with E-state index in [0.717, 1.165) is 5.56 Å². The summed E-state index contributed by atoms with van der Waals surface area (Å²) in [6.45, 7) is 1.20. The number of hydrogen-bond acceptors (Lipinski definition) is 11. The van der Waals surface area contributed by atoms with E-state index in [0.29, 0.717) is 30.0 Å². The maximum atomic E-state index is 10.6. The largest absolute Gasteiger partial charge is 0.504 e. The number of carbonyl (C=O) groups excluding carboxylic acids is 1. The van der Waals surface area contributed by atoms with Crippen molar-refractivity contribution in [2.24, 2.45) is 10.2 Å². The molecule has 2 aromatic carbocycles. The van der Waals surface area contributed by atoms with Crippen LogP contribution in [0.3, 0.4) is 0 Å². The molecule has 0 saturated heterocycles. The summed E-state index contributed by atoms with van der Waals surface area (Å²) in [6.07, 6.45) is 0. The Morgan fingerprint density at radius 2 is 1.91 bits per heavy atom. The number of benzene rings is 2. The zero-order valence-electron chi connectivity index (χ0n) is 18.2. The third-order valence-electron chi connectivity index (χ3n) is 4.67. The molecule has 0 aliphatic rings. The highest BCUT2D eigenvalue weighted by Crippen LogP contribution is 2.32. The van der Waals surface area contributed by atoms with Gasteiger partial charge < -0.3 is 25.1 Å². The van der Waals surface area contributed by atoms with Gasteiger partial charge in [0.15, 0.2) is 22.7 Å². The summed E-state index contributed by atoms with van der Waals surface area (Å²) < 4.78 is 17.1. The molecule has 0 aliphatic heterocycles. The minimum absolute atomic E-state index is 0.0562. The number of imidazole rings is 1. The number of carbonyl (C=O) groups is 1. The fourth-order valence-corrected chi connectivity index (χ4v) is 3.07. The van der Waals surface area contributed by atoms with Gasteiger partial charge in [-0.2, -0.15) is 9.97 Å². The number of rotatable bonds is 10. The molecule has 34 heavy (non-hydrogen) atoms. The first-order valence-corrected chi connectivity index (χ1v) is 10.1. The Morgan fingerprint density at radius 1 is 1.09 bits per heavy atom. The first-order chi connectivity index (χ1) is 16.6. The number of phenols is 1. The van der Waals surface area contributed by atoms with Gasteiger partial charge in [-0.3, -0.25) is 9.36 Å². The van der Waals surface area contributed by atoms with Crippen molar-refractivity contribution in [2.75, 3.05) is 26.1 Å². The van der Waals surface area contributed by atoms with Crippen LogP contribution in [0.5, 0.6) is 17.5 Å². The van der Waals surface area contributed by atoms with Gasteiger partial charge in [-0.1, -0.05) is 30.3 Å². The van der Waals surface area contributed by atoms with Crippen molar-refractivity contribution >= 4 is 35.1 Å². The molecule has 0 aliphatic carbocycles. The molecule has 0 atom stereocenters. The van der Waals surface area contributed by atoms with E-state index in [1.165, 1.54) is 18.2 Å². The molecule has 0 spiro atoms.